The maximum Gasteiger partial charge on any atom is 0.340 e. The first-order chi connectivity index (χ1) is 8.61. The highest BCUT2D eigenvalue weighted by molar-refractivity contribution is 5.94. The molecule has 4 heteroatoms. The molecular weight excluding hydrogens is 233 g/mol. The maximum atomic E-state index is 13.7. The number of aromatic carboxylic acids is 1. The third kappa shape index (κ3) is 2.47. The van der Waals surface area contributed by atoms with Crippen LogP contribution in [0.5, 0.6) is 0 Å². The lowest BCUT2D eigenvalue weighted by atomic mass is 10.1. The summed E-state index contributed by atoms with van der Waals surface area (Å²) in [5, 5.41) is 9.17. The standard InChI is InChI=1S/C14H18FNO2/c1-10-6-3-2-4-9-16(10)12-8-5-7-11(15)13(12)14(17)18/h5,7-8,10H,2-4,6,9H2,1H3,(H,17,18). The van der Waals surface area contributed by atoms with E-state index in [1.54, 1.807) is 12.1 Å². The van der Waals surface area contributed by atoms with Crippen LogP contribution in [0, 0.1) is 5.82 Å². The Labute approximate surface area is 106 Å². The van der Waals surface area contributed by atoms with Gasteiger partial charge in [-0.15, -0.1) is 0 Å². The molecule has 1 fully saturated rings. The monoisotopic (exact) mass is 251 g/mol. The van der Waals surface area contributed by atoms with Gasteiger partial charge in [-0.3, -0.25) is 0 Å². The van der Waals surface area contributed by atoms with Crippen LogP contribution in [0.25, 0.3) is 0 Å². The highest BCUT2D eigenvalue weighted by atomic mass is 19.1. The van der Waals surface area contributed by atoms with Gasteiger partial charge in [-0.1, -0.05) is 18.9 Å². The minimum absolute atomic E-state index is 0.203. The van der Waals surface area contributed by atoms with Crippen molar-refractivity contribution in [1.82, 2.24) is 0 Å². The molecule has 1 unspecified atom stereocenters. The molecule has 0 aromatic heterocycles. The van der Waals surface area contributed by atoms with Gasteiger partial charge in [0.05, 0.1) is 5.69 Å². The minimum Gasteiger partial charge on any atom is -0.478 e. The second-order valence-electron chi connectivity index (χ2n) is 4.83. The predicted octanol–water partition coefficient (Wildman–Crippen LogP) is 3.29. The molecule has 1 saturated heterocycles. The van der Waals surface area contributed by atoms with Crippen LogP contribution in [0.1, 0.15) is 43.0 Å². The molecule has 0 saturated carbocycles. The minimum atomic E-state index is -1.19. The van der Waals surface area contributed by atoms with Crippen molar-refractivity contribution in [2.24, 2.45) is 0 Å². The van der Waals surface area contributed by atoms with E-state index in [4.69, 9.17) is 5.11 Å². The summed E-state index contributed by atoms with van der Waals surface area (Å²) < 4.78 is 13.7. The zero-order valence-corrected chi connectivity index (χ0v) is 10.5. The van der Waals surface area contributed by atoms with Gasteiger partial charge in [0.25, 0.3) is 0 Å². The quantitative estimate of drug-likeness (QED) is 0.876. The molecule has 0 aliphatic carbocycles. The fourth-order valence-corrected chi connectivity index (χ4v) is 2.60. The van der Waals surface area contributed by atoms with Crippen molar-refractivity contribution in [3.8, 4) is 0 Å². The van der Waals surface area contributed by atoms with E-state index in [1.165, 1.54) is 6.07 Å². The average Bonchev–Trinajstić information content (AvgIpc) is 2.53. The van der Waals surface area contributed by atoms with Crippen LogP contribution in [-0.4, -0.2) is 23.7 Å². The SMILES string of the molecule is CC1CCCCCN1c1cccc(F)c1C(=O)O. The summed E-state index contributed by atoms with van der Waals surface area (Å²) in [6, 6.07) is 4.74. The molecule has 0 bridgehead atoms. The van der Waals surface area contributed by atoms with Crippen LogP contribution in [0.15, 0.2) is 18.2 Å². The summed E-state index contributed by atoms with van der Waals surface area (Å²) in [6.07, 6.45) is 4.35. The van der Waals surface area contributed by atoms with Gasteiger partial charge in [0, 0.05) is 12.6 Å². The normalized spacial score (nSPS) is 20.6. The van der Waals surface area contributed by atoms with Gasteiger partial charge in [-0.2, -0.15) is 0 Å². The van der Waals surface area contributed by atoms with Gasteiger partial charge >= 0.3 is 5.97 Å². The molecule has 0 amide bonds. The van der Waals surface area contributed by atoms with Gasteiger partial charge < -0.3 is 10.0 Å². The van der Waals surface area contributed by atoms with Gasteiger partial charge in [-0.05, 0) is 31.9 Å². The van der Waals surface area contributed by atoms with Crippen molar-refractivity contribution in [3.05, 3.63) is 29.6 Å². The van der Waals surface area contributed by atoms with E-state index >= 15 is 0 Å². The topological polar surface area (TPSA) is 40.5 Å². The van der Waals surface area contributed by atoms with Crippen LogP contribution in [0.3, 0.4) is 0 Å². The molecule has 1 aromatic rings. The molecule has 1 atom stereocenters. The summed E-state index contributed by atoms with van der Waals surface area (Å²) in [5.41, 5.74) is 0.308. The summed E-state index contributed by atoms with van der Waals surface area (Å²) >= 11 is 0. The fraction of sp³-hybridized carbons (Fsp3) is 0.500. The van der Waals surface area contributed by atoms with E-state index in [9.17, 15) is 9.18 Å². The average molecular weight is 251 g/mol. The first-order valence-corrected chi connectivity index (χ1v) is 6.39. The van der Waals surface area contributed by atoms with E-state index in [0.717, 1.165) is 32.2 Å². The van der Waals surface area contributed by atoms with Crippen molar-refractivity contribution in [2.45, 2.75) is 38.6 Å². The molecule has 1 N–H and O–H groups in total. The lowest BCUT2D eigenvalue weighted by molar-refractivity contribution is 0.0692. The molecular formula is C14H18FNO2. The van der Waals surface area contributed by atoms with Crippen LogP contribution in [-0.2, 0) is 0 Å². The lowest BCUT2D eigenvalue weighted by Crippen LogP contribution is -2.34. The van der Waals surface area contributed by atoms with E-state index in [0.29, 0.717) is 5.69 Å². The summed E-state index contributed by atoms with van der Waals surface area (Å²) in [5.74, 6) is -1.85. The Bertz CT molecular complexity index is 447. The number of benzene rings is 1. The Hall–Kier alpha value is -1.58. The molecule has 18 heavy (non-hydrogen) atoms. The number of nitrogens with zero attached hydrogens (tertiary/aromatic N) is 1. The van der Waals surface area contributed by atoms with Crippen LogP contribution >= 0.6 is 0 Å². The Morgan fingerprint density at radius 3 is 2.89 bits per heavy atom. The van der Waals surface area contributed by atoms with E-state index < -0.39 is 11.8 Å². The number of hydrogen-bond donors (Lipinski definition) is 1. The van der Waals surface area contributed by atoms with Crippen LogP contribution in [0.4, 0.5) is 10.1 Å². The molecule has 98 valence electrons. The van der Waals surface area contributed by atoms with Gasteiger partial charge in [0.15, 0.2) is 0 Å². The molecule has 1 aromatic carbocycles. The van der Waals surface area contributed by atoms with Crippen molar-refractivity contribution < 1.29 is 14.3 Å². The van der Waals surface area contributed by atoms with Crippen molar-refractivity contribution in [2.75, 3.05) is 11.4 Å². The van der Waals surface area contributed by atoms with Crippen LogP contribution in [0.2, 0.25) is 0 Å². The van der Waals surface area contributed by atoms with Gasteiger partial charge in [-0.25, -0.2) is 9.18 Å². The number of rotatable bonds is 2. The summed E-state index contributed by atoms with van der Waals surface area (Å²) in [4.78, 5) is 13.2. The van der Waals surface area contributed by atoms with Crippen molar-refractivity contribution in [3.63, 3.8) is 0 Å². The van der Waals surface area contributed by atoms with Gasteiger partial charge in [0.2, 0.25) is 0 Å². The zero-order chi connectivity index (χ0) is 13.1. The first kappa shape index (κ1) is 12.9. The highest BCUT2D eigenvalue weighted by Gasteiger charge is 2.24. The number of carbonyl (C=O) groups is 1. The number of anilines is 1. The molecule has 0 radical (unpaired) electrons. The maximum absolute atomic E-state index is 13.7. The smallest absolute Gasteiger partial charge is 0.340 e. The van der Waals surface area contributed by atoms with E-state index in [1.807, 2.05) is 4.90 Å². The first-order valence-electron chi connectivity index (χ1n) is 6.39. The highest BCUT2D eigenvalue weighted by Crippen LogP contribution is 2.28. The largest absolute Gasteiger partial charge is 0.478 e. The van der Waals surface area contributed by atoms with Gasteiger partial charge in [0.1, 0.15) is 11.4 Å². The molecule has 1 aliphatic rings. The number of carboxylic acid groups (broad SMARTS) is 1. The Morgan fingerprint density at radius 1 is 1.39 bits per heavy atom. The Morgan fingerprint density at radius 2 is 2.17 bits per heavy atom. The molecule has 1 aliphatic heterocycles. The van der Waals surface area contributed by atoms with Crippen molar-refractivity contribution in [1.29, 1.82) is 0 Å². The third-order valence-corrected chi connectivity index (χ3v) is 3.57. The lowest BCUT2D eigenvalue weighted by Gasteiger charge is -2.30. The number of halogens is 1. The molecule has 3 nitrogen and oxygen atoms in total. The Kier molecular flexibility index (Phi) is 3.84. The Balaban J connectivity index is 2.42. The summed E-state index contributed by atoms with van der Waals surface area (Å²) in [6.45, 7) is 2.87. The predicted molar refractivity (Wildman–Crippen MR) is 68.6 cm³/mol. The number of carboxylic acids is 1. The molecule has 0 spiro atoms. The van der Waals surface area contributed by atoms with Crippen molar-refractivity contribution >= 4 is 11.7 Å². The van der Waals surface area contributed by atoms with E-state index in [2.05, 4.69) is 6.92 Å². The fourth-order valence-electron chi connectivity index (χ4n) is 2.60. The second kappa shape index (κ2) is 5.38. The van der Waals surface area contributed by atoms with E-state index in [-0.39, 0.29) is 11.6 Å². The molecule has 2 rings (SSSR count). The molecule has 1 heterocycles. The zero-order valence-electron chi connectivity index (χ0n) is 10.5. The summed E-state index contributed by atoms with van der Waals surface area (Å²) in [7, 11) is 0. The van der Waals surface area contributed by atoms with Crippen LogP contribution < -0.4 is 4.90 Å². The third-order valence-electron chi connectivity index (χ3n) is 3.57. The number of hydrogen-bond acceptors (Lipinski definition) is 2. The second-order valence-corrected chi connectivity index (χ2v) is 4.83.